The van der Waals surface area contributed by atoms with Crippen LogP contribution < -0.4 is 16.1 Å². The third-order valence-electron chi connectivity index (χ3n) is 4.17. The van der Waals surface area contributed by atoms with E-state index in [-0.39, 0.29) is 13.0 Å². The summed E-state index contributed by atoms with van der Waals surface area (Å²) in [6, 6.07) is 15.7. The summed E-state index contributed by atoms with van der Waals surface area (Å²) >= 11 is 0. The Morgan fingerprint density at radius 3 is 2.06 bits per heavy atom. The zero-order chi connectivity index (χ0) is 23.6. The Morgan fingerprint density at radius 1 is 0.938 bits per heavy atom. The molecule has 0 radical (unpaired) electrons. The van der Waals surface area contributed by atoms with Gasteiger partial charge in [-0.2, -0.15) is 4.62 Å². The third kappa shape index (κ3) is 9.30. The quantitative estimate of drug-likeness (QED) is 0.311. The standard InChI is InChI=1S/C21H26N3O7P/c1-15(22-21(27)30-14-17-11-7-4-8-12-17)19(25)23-18(13-16-9-5-3-6-10-16)20(26)24-31-32(2,28)29/h3-12,15,18H,13-14H2,1-2H3,(H,22,27)(H,23,25)(H,24,26)(H,28,29)/t15-,18-/m0/s1. The van der Waals surface area contributed by atoms with E-state index in [2.05, 4.69) is 15.3 Å². The number of amides is 3. The molecule has 0 saturated heterocycles. The molecule has 0 aliphatic carbocycles. The fourth-order valence-corrected chi connectivity index (χ4v) is 2.82. The van der Waals surface area contributed by atoms with Gasteiger partial charge in [-0.05, 0) is 18.1 Å². The maximum absolute atomic E-state index is 12.6. The minimum absolute atomic E-state index is 0.0373. The van der Waals surface area contributed by atoms with Gasteiger partial charge in [0.15, 0.2) is 0 Å². The minimum Gasteiger partial charge on any atom is -0.445 e. The molecule has 10 nitrogen and oxygen atoms in total. The van der Waals surface area contributed by atoms with Crippen LogP contribution in [0.15, 0.2) is 60.7 Å². The Balaban J connectivity index is 1.95. The molecule has 0 aliphatic rings. The average molecular weight is 463 g/mol. The molecule has 172 valence electrons. The van der Waals surface area contributed by atoms with Gasteiger partial charge in [0.05, 0.1) is 0 Å². The lowest BCUT2D eigenvalue weighted by Gasteiger charge is -2.21. The van der Waals surface area contributed by atoms with Crippen molar-refractivity contribution in [1.82, 2.24) is 16.1 Å². The van der Waals surface area contributed by atoms with Crippen LogP contribution in [0.1, 0.15) is 18.1 Å². The van der Waals surface area contributed by atoms with E-state index < -0.39 is 37.6 Å². The summed E-state index contributed by atoms with van der Waals surface area (Å²) in [7, 11) is -3.97. The highest BCUT2D eigenvalue weighted by Gasteiger charge is 2.26. The highest BCUT2D eigenvalue weighted by atomic mass is 31.2. The lowest BCUT2D eigenvalue weighted by molar-refractivity contribution is -0.134. The number of benzene rings is 2. The van der Waals surface area contributed by atoms with Crippen LogP contribution in [0, 0.1) is 0 Å². The number of carbonyl (C=O) groups is 3. The highest BCUT2D eigenvalue weighted by molar-refractivity contribution is 7.51. The van der Waals surface area contributed by atoms with E-state index in [4.69, 9.17) is 4.74 Å². The van der Waals surface area contributed by atoms with Crippen LogP contribution in [-0.4, -0.2) is 41.5 Å². The zero-order valence-electron chi connectivity index (χ0n) is 17.7. The van der Waals surface area contributed by atoms with Gasteiger partial charge in [-0.25, -0.2) is 10.3 Å². The second-order valence-electron chi connectivity index (χ2n) is 7.04. The van der Waals surface area contributed by atoms with Gasteiger partial charge in [-0.3, -0.25) is 14.2 Å². The fourth-order valence-electron chi connectivity index (χ4n) is 2.56. The maximum Gasteiger partial charge on any atom is 0.408 e. The summed E-state index contributed by atoms with van der Waals surface area (Å²) in [5.41, 5.74) is 3.41. The van der Waals surface area contributed by atoms with Gasteiger partial charge < -0.3 is 20.3 Å². The number of hydrogen-bond donors (Lipinski definition) is 4. The van der Waals surface area contributed by atoms with Crippen molar-refractivity contribution in [3.05, 3.63) is 71.8 Å². The molecular formula is C21H26N3O7P. The lowest BCUT2D eigenvalue weighted by Crippen LogP contribution is -2.53. The van der Waals surface area contributed by atoms with Crippen molar-refractivity contribution in [1.29, 1.82) is 0 Å². The molecule has 0 spiro atoms. The molecule has 3 atom stereocenters. The fraction of sp³-hybridized carbons (Fsp3) is 0.286. The van der Waals surface area contributed by atoms with E-state index in [9.17, 15) is 23.8 Å². The largest absolute Gasteiger partial charge is 0.445 e. The van der Waals surface area contributed by atoms with Crippen molar-refractivity contribution in [3.8, 4) is 0 Å². The van der Waals surface area contributed by atoms with Gasteiger partial charge in [0.2, 0.25) is 5.91 Å². The van der Waals surface area contributed by atoms with Crippen molar-refractivity contribution in [2.24, 2.45) is 0 Å². The molecule has 0 heterocycles. The molecule has 0 aromatic heterocycles. The highest BCUT2D eigenvalue weighted by Crippen LogP contribution is 2.34. The van der Waals surface area contributed by atoms with E-state index in [0.717, 1.165) is 17.8 Å². The van der Waals surface area contributed by atoms with Crippen LogP contribution in [0.25, 0.3) is 0 Å². The molecule has 2 aromatic carbocycles. The Labute approximate surface area is 185 Å². The number of alkyl carbamates (subject to hydrolysis) is 1. The van der Waals surface area contributed by atoms with Crippen molar-refractivity contribution in [2.75, 3.05) is 6.66 Å². The van der Waals surface area contributed by atoms with Crippen molar-refractivity contribution < 1.29 is 33.2 Å². The zero-order valence-corrected chi connectivity index (χ0v) is 18.6. The van der Waals surface area contributed by atoms with Gasteiger partial charge in [0.1, 0.15) is 18.7 Å². The molecule has 2 rings (SSSR count). The first-order valence-electron chi connectivity index (χ1n) is 9.74. The van der Waals surface area contributed by atoms with Crippen LogP contribution in [0.2, 0.25) is 0 Å². The monoisotopic (exact) mass is 463 g/mol. The van der Waals surface area contributed by atoms with E-state index in [1.807, 2.05) is 23.7 Å². The van der Waals surface area contributed by atoms with Gasteiger partial charge in [-0.1, -0.05) is 60.7 Å². The number of ether oxygens (including phenoxy) is 1. The summed E-state index contributed by atoms with van der Waals surface area (Å²) in [6.07, 6.45) is -0.706. The Bertz CT molecular complexity index is 950. The predicted octanol–water partition coefficient (Wildman–Crippen LogP) is 1.89. The number of nitrogens with one attached hydrogen (secondary N) is 3. The normalized spacial score (nSPS) is 14.3. The summed E-state index contributed by atoms with van der Waals surface area (Å²) in [5, 5.41) is 4.90. The van der Waals surface area contributed by atoms with E-state index >= 15 is 0 Å². The molecule has 4 N–H and O–H groups in total. The Morgan fingerprint density at radius 2 is 1.50 bits per heavy atom. The van der Waals surface area contributed by atoms with Gasteiger partial charge in [0.25, 0.3) is 5.91 Å². The molecule has 0 aliphatic heterocycles. The molecule has 32 heavy (non-hydrogen) atoms. The van der Waals surface area contributed by atoms with Gasteiger partial charge in [0, 0.05) is 13.1 Å². The molecule has 11 heteroatoms. The van der Waals surface area contributed by atoms with Crippen LogP contribution >= 0.6 is 7.60 Å². The second kappa shape index (κ2) is 12.0. The van der Waals surface area contributed by atoms with Gasteiger partial charge >= 0.3 is 13.7 Å². The molecule has 3 amide bonds. The molecule has 1 unspecified atom stereocenters. The molecule has 2 aromatic rings. The molecule has 0 fully saturated rings. The van der Waals surface area contributed by atoms with Crippen molar-refractivity contribution in [2.45, 2.75) is 32.0 Å². The Kier molecular flexibility index (Phi) is 9.39. The first kappa shape index (κ1) is 25.1. The number of hydroxylamine groups is 1. The number of hydrogen-bond acceptors (Lipinski definition) is 6. The summed E-state index contributed by atoms with van der Waals surface area (Å²) in [4.78, 5) is 46.2. The van der Waals surface area contributed by atoms with Crippen LogP contribution in [-0.2, 0) is 36.5 Å². The first-order valence-corrected chi connectivity index (χ1v) is 11.8. The smallest absolute Gasteiger partial charge is 0.408 e. The Hall–Kier alpha value is -3.20. The number of carbonyl (C=O) groups excluding carboxylic acids is 3. The average Bonchev–Trinajstić information content (AvgIpc) is 2.76. The van der Waals surface area contributed by atoms with Crippen LogP contribution in [0.5, 0.6) is 0 Å². The van der Waals surface area contributed by atoms with E-state index in [1.165, 1.54) is 6.92 Å². The molecule has 0 bridgehead atoms. The van der Waals surface area contributed by atoms with Crippen molar-refractivity contribution in [3.63, 3.8) is 0 Å². The minimum atomic E-state index is -3.97. The lowest BCUT2D eigenvalue weighted by atomic mass is 10.1. The topological polar surface area (TPSA) is 143 Å². The SMILES string of the molecule is C[C@H](NC(=O)OCc1ccccc1)C(=O)N[C@@H](Cc1ccccc1)C(=O)NOP(C)(=O)O. The van der Waals surface area contributed by atoms with Crippen LogP contribution in [0.4, 0.5) is 4.79 Å². The third-order valence-corrected chi connectivity index (χ3v) is 4.60. The van der Waals surface area contributed by atoms with Gasteiger partial charge in [-0.15, -0.1) is 0 Å². The predicted molar refractivity (Wildman–Crippen MR) is 116 cm³/mol. The summed E-state index contributed by atoms with van der Waals surface area (Å²) in [6.45, 7) is 2.38. The number of rotatable bonds is 10. The first-order chi connectivity index (χ1) is 15.1. The van der Waals surface area contributed by atoms with Crippen molar-refractivity contribution >= 4 is 25.5 Å². The summed E-state index contributed by atoms with van der Waals surface area (Å²) < 4.78 is 20.8. The van der Waals surface area contributed by atoms with E-state index in [0.29, 0.717) is 0 Å². The van der Waals surface area contributed by atoms with E-state index in [1.54, 1.807) is 42.5 Å². The molecular weight excluding hydrogens is 437 g/mol. The molecule has 0 saturated carbocycles. The maximum atomic E-state index is 12.6. The second-order valence-corrected chi connectivity index (χ2v) is 8.83. The summed E-state index contributed by atoms with van der Waals surface area (Å²) in [5.74, 6) is -1.47. The van der Waals surface area contributed by atoms with Crippen LogP contribution in [0.3, 0.4) is 0 Å².